The van der Waals surface area contributed by atoms with Gasteiger partial charge in [-0.2, -0.15) is 0 Å². The van der Waals surface area contributed by atoms with E-state index in [1.165, 1.54) is 31.0 Å². The normalized spacial score (nSPS) is 19.0. The predicted molar refractivity (Wildman–Crippen MR) is 113 cm³/mol. The van der Waals surface area contributed by atoms with Gasteiger partial charge < -0.3 is 19.4 Å². The van der Waals surface area contributed by atoms with Gasteiger partial charge in [0.1, 0.15) is 18.1 Å². The van der Waals surface area contributed by atoms with Crippen molar-refractivity contribution in [2.75, 3.05) is 12.9 Å². The van der Waals surface area contributed by atoms with Crippen LogP contribution >= 0.6 is 11.8 Å². The Labute approximate surface area is 176 Å². The molecule has 0 radical (unpaired) electrons. The van der Waals surface area contributed by atoms with Crippen LogP contribution in [0.5, 0.6) is 11.5 Å². The Bertz CT molecular complexity index is 794. The van der Waals surface area contributed by atoms with Crippen LogP contribution in [0.1, 0.15) is 45.4 Å². The van der Waals surface area contributed by atoms with Crippen molar-refractivity contribution in [2.24, 2.45) is 5.92 Å². The van der Waals surface area contributed by atoms with Gasteiger partial charge in [-0.05, 0) is 49.9 Å². The van der Waals surface area contributed by atoms with Gasteiger partial charge in [-0.1, -0.05) is 31.5 Å². The number of nitrogens with zero attached hydrogens (tertiary/aromatic N) is 3. The number of benzene rings is 1. The van der Waals surface area contributed by atoms with Crippen molar-refractivity contribution in [3.05, 3.63) is 30.1 Å². The van der Waals surface area contributed by atoms with Crippen molar-refractivity contribution in [3.63, 3.8) is 0 Å². The third kappa shape index (κ3) is 5.88. The molecule has 2 atom stereocenters. The Hall–Kier alpha value is -2.22. The number of amides is 1. The van der Waals surface area contributed by atoms with Gasteiger partial charge in [-0.15, -0.1) is 10.2 Å². The van der Waals surface area contributed by atoms with Crippen molar-refractivity contribution in [1.29, 1.82) is 0 Å². The van der Waals surface area contributed by atoms with E-state index in [0.29, 0.717) is 24.3 Å². The summed E-state index contributed by atoms with van der Waals surface area (Å²) in [6.45, 7) is 5.30. The zero-order valence-corrected chi connectivity index (χ0v) is 18.2. The number of carbonyl (C=O) groups is 1. The lowest BCUT2D eigenvalue weighted by Crippen LogP contribution is -2.41. The maximum absolute atomic E-state index is 12.4. The fourth-order valence-electron chi connectivity index (χ4n) is 3.58. The second-order valence-electron chi connectivity index (χ2n) is 7.33. The number of methoxy groups -OCH3 is 1. The summed E-state index contributed by atoms with van der Waals surface area (Å²) < 4.78 is 13.0. The number of ether oxygens (including phenoxy) is 2. The molecule has 1 aliphatic rings. The van der Waals surface area contributed by atoms with E-state index in [1.54, 1.807) is 7.11 Å². The van der Waals surface area contributed by atoms with E-state index in [0.717, 1.165) is 35.4 Å². The van der Waals surface area contributed by atoms with Crippen LogP contribution in [-0.4, -0.2) is 39.6 Å². The molecule has 29 heavy (non-hydrogen) atoms. The summed E-state index contributed by atoms with van der Waals surface area (Å²) >= 11 is 1.42. The topological polar surface area (TPSA) is 78.3 Å². The summed E-state index contributed by atoms with van der Waals surface area (Å²) in [5, 5.41) is 12.4. The molecule has 1 aromatic carbocycles. The maximum atomic E-state index is 12.4. The van der Waals surface area contributed by atoms with Gasteiger partial charge >= 0.3 is 0 Å². The minimum atomic E-state index is 0.0652. The molecule has 7 nitrogen and oxygen atoms in total. The van der Waals surface area contributed by atoms with Crippen LogP contribution in [0.4, 0.5) is 0 Å². The van der Waals surface area contributed by atoms with Gasteiger partial charge in [0.05, 0.1) is 12.9 Å². The lowest BCUT2D eigenvalue weighted by molar-refractivity contribution is -0.119. The maximum Gasteiger partial charge on any atom is 0.230 e. The number of aromatic nitrogens is 3. The second kappa shape index (κ2) is 10.5. The SMILES string of the molecule is CCn1c(COc2ccc(OC)cc2)nnc1SCC(=O)N[C@@H]1CCCC[C@@H]1C. The summed E-state index contributed by atoms with van der Waals surface area (Å²) in [4.78, 5) is 12.4. The Balaban J connectivity index is 1.52. The van der Waals surface area contributed by atoms with E-state index in [1.807, 2.05) is 35.8 Å². The first-order chi connectivity index (χ1) is 14.1. The zero-order valence-electron chi connectivity index (χ0n) is 17.4. The lowest BCUT2D eigenvalue weighted by atomic mass is 9.86. The van der Waals surface area contributed by atoms with Crippen molar-refractivity contribution >= 4 is 17.7 Å². The molecule has 158 valence electrons. The molecule has 0 aliphatic heterocycles. The van der Waals surface area contributed by atoms with Crippen LogP contribution in [-0.2, 0) is 17.9 Å². The van der Waals surface area contributed by atoms with Crippen molar-refractivity contribution in [2.45, 2.75) is 63.9 Å². The minimum Gasteiger partial charge on any atom is -0.497 e. The number of hydrogen-bond donors (Lipinski definition) is 1. The van der Waals surface area contributed by atoms with Crippen LogP contribution in [0.25, 0.3) is 0 Å². The van der Waals surface area contributed by atoms with Crippen LogP contribution in [0.3, 0.4) is 0 Å². The van der Waals surface area contributed by atoms with E-state index in [2.05, 4.69) is 22.4 Å². The average molecular weight is 419 g/mol. The lowest BCUT2D eigenvalue weighted by Gasteiger charge is -2.29. The number of hydrogen-bond acceptors (Lipinski definition) is 6. The molecule has 1 aliphatic carbocycles. The largest absolute Gasteiger partial charge is 0.497 e. The highest BCUT2D eigenvalue weighted by Gasteiger charge is 2.23. The molecule has 8 heteroatoms. The first kappa shape index (κ1) is 21.5. The molecule has 2 aromatic rings. The van der Waals surface area contributed by atoms with Gasteiger partial charge in [-0.3, -0.25) is 4.79 Å². The molecule has 0 unspecified atom stereocenters. The first-order valence-corrected chi connectivity index (χ1v) is 11.2. The molecule has 1 saturated carbocycles. The Morgan fingerprint density at radius 1 is 1.21 bits per heavy atom. The van der Waals surface area contributed by atoms with Gasteiger partial charge in [0, 0.05) is 12.6 Å². The first-order valence-electron chi connectivity index (χ1n) is 10.2. The number of carbonyl (C=O) groups excluding carboxylic acids is 1. The number of nitrogens with one attached hydrogen (secondary N) is 1. The molecule has 1 N–H and O–H groups in total. The molecule has 0 saturated heterocycles. The zero-order chi connectivity index (χ0) is 20.6. The Morgan fingerprint density at radius 3 is 2.62 bits per heavy atom. The van der Waals surface area contributed by atoms with Crippen molar-refractivity contribution < 1.29 is 14.3 Å². The van der Waals surface area contributed by atoms with Gasteiger partial charge in [0.25, 0.3) is 0 Å². The highest BCUT2D eigenvalue weighted by Crippen LogP contribution is 2.24. The van der Waals surface area contributed by atoms with Gasteiger partial charge in [0.15, 0.2) is 11.0 Å². The summed E-state index contributed by atoms with van der Waals surface area (Å²) in [5.74, 6) is 3.24. The van der Waals surface area contributed by atoms with Gasteiger partial charge in [-0.25, -0.2) is 0 Å². The molecular weight excluding hydrogens is 388 g/mol. The van der Waals surface area contributed by atoms with E-state index in [-0.39, 0.29) is 5.91 Å². The molecule has 1 amide bonds. The average Bonchev–Trinajstić information content (AvgIpc) is 3.14. The molecule has 1 heterocycles. The highest BCUT2D eigenvalue weighted by atomic mass is 32.2. The van der Waals surface area contributed by atoms with Crippen LogP contribution in [0, 0.1) is 5.92 Å². The third-order valence-electron chi connectivity index (χ3n) is 5.33. The number of thioether (sulfide) groups is 1. The van der Waals surface area contributed by atoms with E-state index >= 15 is 0 Å². The molecular formula is C21H30N4O3S. The quantitative estimate of drug-likeness (QED) is 0.626. The van der Waals surface area contributed by atoms with E-state index in [9.17, 15) is 4.79 Å². The highest BCUT2D eigenvalue weighted by molar-refractivity contribution is 7.99. The van der Waals surface area contributed by atoms with Crippen LogP contribution < -0.4 is 14.8 Å². The molecule has 1 fully saturated rings. The number of rotatable bonds is 9. The van der Waals surface area contributed by atoms with Crippen LogP contribution in [0.2, 0.25) is 0 Å². The minimum absolute atomic E-state index is 0.0652. The molecule has 0 spiro atoms. The van der Waals surface area contributed by atoms with Gasteiger partial charge in [0.2, 0.25) is 5.91 Å². The van der Waals surface area contributed by atoms with Crippen molar-refractivity contribution in [1.82, 2.24) is 20.1 Å². The van der Waals surface area contributed by atoms with E-state index < -0.39 is 0 Å². The predicted octanol–water partition coefficient (Wildman–Crippen LogP) is 3.67. The molecule has 1 aromatic heterocycles. The standard InChI is InChI=1S/C21H30N4O3S/c1-4-25-19(13-28-17-11-9-16(27-3)10-12-17)23-24-21(25)29-14-20(26)22-18-8-6-5-7-15(18)2/h9-12,15,18H,4-8,13-14H2,1-3H3,(H,22,26)/t15-,18+/m0/s1. The van der Waals surface area contributed by atoms with Crippen molar-refractivity contribution in [3.8, 4) is 11.5 Å². The smallest absolute Gasteiger partial charge is 0.230 e. The summed E-state index contributed by atoms with van der Waals surface area (Å²) in [7, 11) is 1.63. The monoisotopic (exact) mass is 418 g/mol. The fourth-order valence-corrected chi connectivity index (χ4v) is 4.41. The molecule has 3 rings (SSSR count). The summed E-state index contributed by atoms with van der Waals surface area (Å²) in [6.07, 6.45) is 4.74. The summed E-state index contributed by atoms with van der Waals surface area (Å²) in [6, 6.07) is 7.73. The Kier molecular flexibility index (Phi) is 7.80. The van der Waals surface area contributed by atoms with Crippen LogP contribution in [0.15, 0.2) is 29.4 Å². The second-order valence-corrected chi connectivity index (χ2v) is 8.27. The molecule has 0 bridgehead atoms. The third-order valence-corrected chi connectivity index (χ3v) is 6.29. The fraction of sp³-hybridized carbons (Fsp3) is 0.571. The van der Waals surface area contributed by atoms with E-state index in [4.69, 9.17) is 9.47 Å². The summed E-state index contributed by atoms with van der Waals surface area (Å²) in [5.41, 5.74) is 0. The Morgan fingerprint density at radius 2 is 1.93 bits per heavy atom.